The summed E-state index contributed by atoms with van der Waals surface area (Å²) in [5, 5.41) is 8.43. The molecule has 1 aliphatic carbocycles. The van der Waals surface area contributed by atoms with E-state index in [4.69, 9.17) is 0 Å². The summed E-state index contributed by atoms with van der Waals surface area (Å²) in [6, 6.07) is 1.90. The Bertz CT molecular complexity index is 935. The first-order valence-electron chi connectivity index (χ1n) is 11.2. The van der Waals surface area contributed by atoms with E-state index in [0.29, 0.717) is 23.5 Å². The van der Waals surface area contributed by atoms with Gasteiger partial charge in [0, 0.05) is 38.3 Å². The molecule has 3 heterocycles. The molecule has 0 spiro atoms. The summed E-state index contributed by atoms with van der Waals surface area (Å²) in [5.74, 6) is 0.341. The quantitative estimate of drug-likeness (QED) is 0.755. The maximum Gasteiger partial charge on any atom is 0.274 e. The zero-order chi connectivity index (χ0) is 21.1. The SMILES string of the molecule is C[C@H]1CCCN(c2nn3c(C(=O)NCCN(C)C4CCCCC4)cc(=O)nc3s2)C1. The van der Waals surface area contributed by atoms with Crippen molar-refractivity contribution < 1.29 is 4.79 Å². The number of hydrogen-bond donors (Lipinski definition) is 1. The van der Waals surface area contributed by atoms with E-state index in [2.05, 4.69) is 39.2 Å². The minimum atomic E-state index is -0.401. The van der Waals surface area contributed by atoms with E-state index in [1.54, 1.807) is 0 Å². The van der Waals surface area contributed by atoms with Crippen LogP contribution in [-0.2, 0) is 0 Å². The van der Waals surface area contributed by atoms with Gasteiger partial charge in [0.15, 0.2) is 0 Å². The van der Waals surface area contributed by atoms with Gasteiger partial charge in [-0.25, -0.2) is 0 Å². The van der Waals surface area contributed by atoms with Crippen LogP contribution in [-0.4, -0.2) is 64.7 Å². The number of amides is 1. The lowest BCUT2D eigenvalue weighted by Crippen LogP contribution is -2.40. The first-order chi connectivity index (χ1) is 14.5. The second-order valence-corrected chi connectivity index (χ2v) is 9.71. The van der Waals surface area contributed by atoms with E-state index in [1.807, 2.05) is 0 Å². The van der Waals surface area contributed by atoms with Gasteiger partial charge in [-0.1, -0.05) is 37.5 Å². The summed E-state index contributed by atoms with van der Waals surface area (Å²) in [5.41, 5.74) is -0.139. The number of carbonyl (C=O) groups excluding carboxylic acids is 1. The molecule has 2 aliphatic rings. The van der Waals surface area contributed by atoms with E-state index in [-0.39, 0.29) is 11.6 Å². The highest BCUT2D eigenvalue weighted by atomic mass is 32.1. The van der Waals surface area contributed by atoms with Gasteiger partial charge in [0.2, 0.25) is 10.1 Å². The molecule has 30 heavy (non-hydrogen) atoms. The second kappa shape index (κ2) is 9.43. The number of nitrogens with zero attached hydrogens (tertiary/aromatic N) is 5. The Balaban J connectivity index is 1.44. The van der Waals surface area contributed by atoms with Crippen LogP contribution in [0.15, 0.2) is 10.9 Å². The van der Waals surface area contributed by atoms with Gasteiger partial charge in [0.1, 0.15) is 5.69 Å². The molecule has 1 aliphatic heterocycles. The molecule has 0 bridgehead atoms. The molecule has 2 aromatic heterocycles. The van der Waals surface area contributed by atoms with Crippen molar-refractivity contribution in [2.75, 3.05) is 38.1 Å². The fraction of sp³-hybridized carbons (Fsp3) is 0.714. The molecule has 0 unspecified atom stereocenters. The lowest BCUT2D eigenvalue weighted by molar-refractivity contribution is 0.0937. The Morgan fingerprint density at radius 2 is 2.07 bits per heavy atom. The topological polar surface area (TPSA) is 82.8 Å². The summed E-state index contributed by atoms with van der Waals surface area (Å²) >= 11 is 1.38. The van der Waals surface area contributed by atoms with Crippen LogP contribution >= 0.6 is 11.3 Å². The van der Waals surface area contributed by atoms with Gasteiger partial charge in [0.05, 0.1) is 0 Å². The van der Waals surface area contributed by atoms with E-state index >= 15 is 0 Å². The molecule has 1 amide bonds. The Morgan fingerprint density at radius 3 is 2.83 bits per heavy atom. The highest BCUT2D eigenvalue weighted by Gasteiger charge is 2.23. The van der Waals surface area contributed by atoms with Gasteiger partial charge in [-0.05, 0) is 38.6 Å². The lowest BCUT2D eigenvalue weighted by Gasteiger charge is -2.31. The molecule has 8 nitrogen and oxygen atoms in total. The third-order valence-corrected chi connectivity index (χ3v) is 7.32. The Hall–Kier alpha value is -2.00. The van der Waals surface area contributed by atoms with Crippen molar-refractivity contribution >= 4 is 27.3 Å². The molecule has 164 valence electrons. The van der Waals surface area contributed by atoms with E-state index in [9.17, 15) is 9.59 Å². The first kappa shape index (κ1) is 21.2. The second-order valence-electron chi connectivity index (χ2n) is 8.78. The molecule has 2 aromatic rings. The van der Waals surface area contributed by atoms with Crippen LogP contribution in [0.5, 0.6) is 0 Å². The number of piperidine rings is 1. The standard InChI is InChI=1S/C21H32N6O2S/c1-15-7-6-11-26(14-15)21-24-27-17(13-18(28)23-20(27)30-21)19(29)22-10-12-25(2)16-8-4-3-5-9-16/h13,15-16H,3-12,14H2,1-2H3,(H,22,29)/t15-/m0/s1. The number of rotatable bonds is 6. The first-order valence-corrected chi connectivity index (χ1v) is 12.0. The average Bonchev–Trinajstić information content (AvgIpc) is 3.17. The van der Waals surface area contributed by atoms with Gasteiger partial charge < -0.3 is 15.1 Å². The van der Waals surface area contributed by atoms with Crippen molar-refractivity contribution in [2.24, 2.45) is 5.92 Å². The summed E-state index contributed by atoms with van der Waals surface area (Å²) in [6.07, 6.45) is 8.75. The van der Waals surface area contributed by atoms with Gasteiger partial charge in [0.25, 0.3) is 11.5 Å². The van der Waals surface area contributed by atoms with Crippen LogP contribution in [0.4, 0.5) is 5.13 Å². The third-order valence-electron chi connectivity index (χ3n) is 6.35. The molecular weight excluding hydrogens is 400 g/mol. The molecule has 0 aromatic carbocycles. The van der Waals surface area contributed by atoms with Crippen molar-refractivity contribution in [1.82, 2.24) is 24.8 Å². The van der Waals surface area contributed by atoms with Crippen LogP contribution in [0.2, 0.25) is 0 Å². The van der Waals surface area contributed by atoms with Crippen molar-refractivity contribution in [2.45, 2.75) is 57.9 Å². The fourth-order valence-electron chi connectivity index (χ4n) is 4.60. The van der Waals surface area contributed by atoms with Crippen molar-refractivity contribution in [1.29, 1.82) is 0 Å². The van der Waals surface area contributed by atoms with E-state index < -0.39 is 5.56 Å². The number of anilines is 1. The average molecular weight is 433 g/mol. The normalized spacial score (nSPS) is 20.8. The maximum atomic E-state index is 12.8. The van der Waals surface area contributed by atoms with Crippen molar-refractivity contribution in [3.63, 3.8) is 0 Å². The van der Waals surface area contributed by atoms with E-state index in [1.165, 1.54) is 60.4 Å². The minimum Gasteiger partial charge on any atom is -0.349 e. The molecule has 0 radical (unpaired) electrons. The smallest absolute Gasteiger partial charge is 0.274 e. The summed E-state index contributed by atoms with van der Waals surface area (Å²) in [4.78, 5) is 34.0. The molecule has 1 saturated heterocycles. The lowest BCUT2D eigenvalue weighted by atomic mass is 9.94. The Labute approximate surface area is 181 Å². The predicted molar refractivity (Wildman–Crippen MR) is 120 cm³/mol. The van der Waals surface area contributed by atoms with Crippen molar-refractivity contribution in [3.05, 3.63) is 22.1 Å². The van der Waals surface area contributed by atoms with E-state index in [0.717, 1.165) is 31.2 Å². The Morgan fingerprint density at radius 1 is 1.27 bits per heavy atom. The molecule has 1 saturated carbocycles. The van der Waals surface area contributed by atoms with Crippen LogP contribution in [0.25, 0.3) is 4.96 Å². The molecule has 1 atom stereocenters. The number of aromatic nitrogens is 3. The number of hydrogen-bond acceptors (Lipinski definition) is 7. The maximum absolute atomic E-state index is 12.8. The number of carbonyl (C=O) groups is 1. The molecule has 9 heteroatoms. The summed E-state index contributed by atoms with van der Waals surface area (Å²) in [6.45, 7) is 5.48. The fourth-order valence-corrected chi connectivity index (χ4v) is 5.54. The highest BCUT2D eigenvalue weighted by Crippen LogP contribution is 2.27. The molecule has 1 N–H and O–H groups in total. The van der Waals surface area contributed by atoms with Crippen molar-refractivity contribution in [3.8, 4) is 0 Å². The summed E-state index contributed by atoms with van der Waals surface area (Å²) < 4.78 is 1.53. The van der Waals surface area contributed by atoms with Gasteiger partial charge in [-0.15, -0.1) is 5.10 Å². The predicted octanol–water partition coefficient (Wildman–Crippen LogP) is 2.38. The third kappa shape index (κ3) is 4.83. The summed E-state index contributed by atoms with van der Waals surface area (Å²) in [7, 11) is 2.13. The largest absolute Gasteiger partial charge is 0.349 e. The van der Waals surface area contributed by atoms with Gasteiger partial charge >= 0.3 is 0 Å². The minimum absolute atomic E-state index is 0.262. The Kier molecular flexibility index (Phi) is 6.67. The zero-order valence-corrected chi connectivity index (χ0v) is 18.8. The van der Waals surface area contributed by atoms with Crippen LogP contribution < -0.4 is 15.8 Å². The number of fused-ring (bicyclic) bond motifs is 1. The zero-order valence-electron chi connectivity index (χ0n) is 18.0. The molecular formula is C21H32N6O2S. The van der Waals surface area contributed by atoms with Crippen LogP contribution in [0.3, 0.4) is 0 Å². The van der Waals surface area contributed by atoms with Crippen LogP contribution in [0, 0.1) is 5.92 Å². The monoisotopic (exact) mass is 432 g/mol. The molecule has 2 fully saturated rings. The van der Waals surface area contributed by atoms with Gasteiger partial charge in [-0.3, -0.25) is 9.59 Å². The molecule has 4 rings (SSSR count). The van der Waals surface area contributed by atoms with Crippen LogP contribution in [0.1, 0.15) is 62.4 Å². The van der Waals surface area contributed by atoms with Gasteiger partial charge in [-0.2, -0.15) is 9.50 Å². The number of likely N-dealkylation sites (N-methyl/N-ethyl adjacent to an activating group) is 1. The highest BCUT2D eigenvalue weighted by molar-refractivity contribution is 7.20. The number of nitrogens with one attached hydrogen (secondary N) is 1.